The molecule has 0 aromatic carbocycles. The lowest BCUT2D eigenvalue weighted by Gasteiger charge is -2.15. The first-order valence-corrected chi connectivity index (χ1v) is 6.51. The van der Waals surface area contributed by atoms with Crippen LogP contribution in [0.25, 0.3) is 0 Å². The maximum absolute atomic E-state index is 5.88. The van der Waals surface area contributed by atoms with E-state index in [1.165, 1.54) is 11.3 Å². The van der Waals surface area contributed by atoms with Gasteiger partial charge in [-0.15, -0.1) is 11.3 Å². The summed E-state index contributed by atoms with van der Waals surface area (Å²) >= 11 is 7.52. The number of nitrogens with two attached hydrogens (primary N) is 1. The van der Waals surface area contributed by atoms with E-state index < -0.39 is 0 Å². The Balaban J connectivity index is 2.39. The molecule has 2 nitrogen and oxygen atoms in total. The monoisotopic (exact) mass is 246 g/mol. The molecule has 0 saturated carbocycles. The summed E-state index contributed by atoms with van der Waals surface area (Å²) in [5, 5.41) is 0. The lowest BCUT2D eigenvalue weighted by atomic mass is 10.0. The maximum Gasteiger partial charge on any atom is 0.0931 e. The topological polar surface area (TPSA) is 38.0 Å². The van der Waals surface area contributed by atoms with Crippen molar-refractivity contribution in [3.63, 3.8) is 0 Å². The van der Waals surface area contributed by atoms with Gasteiger partial charge in [0.2, 0.25) is 0 Å². The standard InChI is InChI=1S/C11H19ClN2S/c1-8(2)3-4-9(14-13)7-10-5-6-11(12)15-10/h5-6,8-9,14H,3-4,7,13H2,1-2H3. The van der Waals surface area contributed by atoms with Crippen LogP contribution in [0.2, 0.25) is 4.34 Å². The van der Waals surface area contributed by atoms with Crippen LogP contribution in [0.15, 0.2) is 12.1 Å². The summed E-state index contributed by atoms with van der Waals surface area (Å²) in [6.07, 6.45) is 3.29. The molecule has 1 aromatic heterocycles. The van der Waals surface area contributed by atoms with Crippen LogP contribution in [0.3, 0.4) is 0 Å². The van der Waals surface area contributed by atoms with Crippen LogP contribution in [-0.4, -0.2) is 6.04 Å². The number of nitrogens with one attached hydrogen (secondary N) is 1. The molecule has 0 fully saturated rings. The van der Waals surface area contributed by atoms with Gasteiger partial charge in [0.25, 0.3) is 0 Å². The van der Waals surface area contributed by atoms with Crippen molar-refractivity contribution in [2.45, 2.75) is 39.2 Å². The van der Waals surface area contributed by atoms with Crippen LogP contribution in [0.5, 0.6) is 0 Å². The van der Waals surface area contributed by atoms with E-state index in [9.17, 15) is 0 Å². The molecule has 0 aliphatic carbocycles. The van der Waals surface area contributed by atoms with E-state index in [1.807, 2.05) is 6.07 Å². The summed E-state index contributed by atoms with van der Waals surface area (Å²) in [4.78, 5) is 1.30. The second-order valence-corrected chi connectivity index (χ2v) is 6.04. The molecule has 1 heterocycles. The van der Waals surface area contributed by atoms with Gasteiger partial charge in [-0.2, -0.15) is 0 Å². The van der Waals surface area contributed by atoms with E-state index in [4.69, 9.17) is 17.4 Å². The number of hydrogen-bond donors (Lipinski definition) is 2. The van der Waals surface area contributed by atoms with Gasteiger partial charge in [0.05, 0.1) is 4.34 Å². The van der Waals surface area contributed by atoms with E-state index in [2.05, 4.69) is 25.3 Å². The van der Waals surface area contributed by atoms with Gasteiger partial charge in [-0.05, 0) is 37.3 Å². The van der Waals surface area contributed by atoms with Crippen LogP contribution in [0.4, 0.5) is 0 Å². The summed E-state index contributed by atoms with van der Waals surface area (Å²) in [6.45, 7) is 4.46. The fraction of sp³-hybridized carbons (Fsp3) is 0.636. The van der Waals surface area contributed by atoms with Gasteiger partial charge in [0.15, 0.2) is 0 Å². The Bertz CT molecular complexity index is 286. The smallest absolute Gasteiger partial charge is 0.0931 e. The largest absolute Gasteiger partial charge is 0.271 e. The minimum absolute atomic E-state index is 0.363. The summed E-state index contributed by atoms with van der Waals surface area (Å²) in [6, 6.07) is 4.38. The van der Waals surface area contributed by atoms with E-state index >= 15 is 0 Å². The molecule has 0 bridgehead atoms. The highest BCUT2D eigenvalue weighted by Gasteiger charge is 2.10. The molecule has 1 rings (SSSR count). The summed E-state index contributed by atoms with van der Waals surface area (Å²) in [5.41, 5.74) is 2.88. The van der Waals surface area contributed by atoms with Crippen molar-refractivity contribution in [2.75, 3.05) is 0 Å². The first kappa shape index (κ1) is 13.0. The molecule has 1 atom stereocenters. The van der Waals surface area contributed by atoms with E-state index in [-0.39, 0.29) is 0 Å². The van der Waals surface area contributed by atoms with E-state index in [0.29, 0.717) is 6.04 Å². The first-order valence-electron chi connectivity index (χ1n) is 5.32. The molecule has 86 valence electrons. The van der Waals surface area contributed by atoms with Crippen LogP contribution in [0, 0.1) is 5.92 Å². The van der Waals surface area contributed by atoms with Crippen molar-refractivity contribution in [1.29, 1.82) is 0 Å². The second kappa shape index (κ2) is 6.48. The summed E-state index contributed by atoms with van der Waals surface area (Å²) in [5.74, 6) is 6.26. The molecule has 15 heavy (non-hydrogen) atoms. The lowest BCUT2D eigenvalue weighted by Crippen LogP contribution is -2.36. The number of rotatable bonds is 6. The highest BCUT2D eigenvalue weighted by Crippen LogP contribution is 2.23. The van der Waals surface area contributed by atoms with Crippen molar-refractivity contribution in [2.24, 2.45) is 11.8 Å². The zero-order valence-corrected chi connectivity index (χ0v) is 10.9. The normalized spacial score (nSPS) is 13.4. The third-order valence-corrected chi connectivity index (χ3v) is 3.66. The van der Waals surface area contributed by atoms with Gasteiger partial charge >= 0.3 is 0 Å². The molecule has 3 N–H and O–H groups in total. The predicted molar refractivity (Wildman–Crippen MR) is 68.2 cm³/mol. The van der Waals surface area contributed by atoms with Crippen molar-refractivity contribution in [1.82, 2.24) is 5.43 Å². The van der Waals surface area contributed by atoms with Crippen molar-refractivity contribution < 1.29 is 0 Å². The lowest BCUT2D eigenvalue weighted by molar-refractivity contribution is 0.436. The first-order chi connectivity index (χ1) is 7.11. The van der Waals surface area contributed by atoms with Crippen molar-refractivity contribution in [3.05, 3.63) is 21.3 Å². The fourth-order valence-electron chi connectivity index (χ4n) is 1.48. The minimum atomic E-state index is 0.363. The van der Waals surface area contributed by atoms with Gasteiger partial charge in [0.1, 0.15) is 0 Å². The molecule has 0 radical (unpaired) electrons. The number of hydrazine groups is 1. The van der Waals surface area contributed by atoms with Gasteiger partial charge in [-0.3, -0.25) is 11.3 Å². The van der Waals surface area contributed by atoms with Gasteiger partial charge in [-0.25, -0.2) is 0 Å². The van der Waals surface area contributed by atoms with Gasteiger partial charge < -0.3 is 0 Å². The van der Waals surface area contributed by atoms with Crippen LogP contribution in [-0.2, 0) is 6.42 Å². The second-order valence-electron chi connectivity index (χ2n) is 4.24. The van der Waals surface area contributed by atoms with Crippen molar-refractivity contribution in [3.8, 4) is 0 Å². The minimum Gasteiger partial charge on any atom is -0.271 e. The van der Waals surface area contributed by atoms with E-state index in [1.54, 1.807) is 11.3 Å². The van der Waals surface area contributed by atoms with E-state index in [0.717, 1.165) is 23.1 Å². The molecule has 0 aliphatic rings. The SMILES string of the molecule is CC(C)CCC(Cc1ccc(Cl)s1)NN. The predicted octanol–water partition coefficient (Wildman–Crippen LogP) is 3.21. The molecule has 0 amide bonds. The zero-order chi connectivity index (χ0) is 11.3. The highest BCUT2D eigenvalue weighted by molar-refractivity contribution is 7.16. The molecule has 1 unspecified atom stereocenters. The Morgan fingerprint density at radius 3 is 2.60 bits per heavy atom. The number of hydrogen-bond acceptors (Lipinski definition) is 3. The zero-order valence-electron chi connectivity index (χ0n) is 9.29. The third kappa shape index (κ3) is 4.98. The molecule has 1 aromatic rings. The fourth-order valence-corrected chi connectivity index (χ4v) is 2.65. The Kier molecular flexibility index (Phi) is 5.61. The maximum atomic E-state index is 5.88. The Hall–Kier alpha value is -0.0900. The van der Waals surface area contributed by atoms with Crippen LogP contribution < -0.4 is 11.3 Å². The quantitative estimate of drug-likeness (QED) is 0.598. The number of halogens is 1. The average Bonchev–Trinajstić information content (AvgIpc) is 2.58. The molecular weight excluding hydrogens is 228 g/mol. The Morgan fingerprint density at radius 2 is 2.13 bits per heavy atom. The van der Waals surface area contributed by atoms with Crippen LogP contribution >= 0.6 is 22.9 Å². The molecule has 0 saturated heterocycles. The summed E-state index contributed by atoms with van der Waals surface area (Å²) < 4.78 is 0.852. The highest BCUT2D eigenvalue weighted by atomic mass is 35.5. The Morgan fingerprint density at radius 1 is 1.40 bits per heavy atom. The van der Waals surface area contributed by atoms with Gasteiger partial charge in [0, 0.05) is 10.9 Å². The third-order valence-electron chi connectivity index (χ3n) is 2.40. The Labute approximate surface area is 101 Å². The number of thiophene rings is 1. The molecule has 0 spiro atoms. The average molecular weight is 247 g/mol. The molecule has 0 aliphatic heterocycles. The summed E-state index contributed by atoms with van der Waals surface area (Å²) in [7, 11) is 0. The van der Waals surface area contributed by atoms with Crippen LogP contribution in [0.1, 0.15) is 31.6 Å². The van der Waals surface area contributed by atoms with Crippen molar-refractivity contribution >= 4 is 22.9 Å². The van der Waals surface area contributed by atoms with Gasteiger partial charge in [-0.1, -0.05) is 25.4 Å². The molecular formula is C11H19ClN2S. The molecule has 4 heteroatoms.